The third kappa shape index (κ3) is 4.80. The van der Waals surface area contributed by atoms with E-state index in [-0.39, 0.29) is 0 Å². The van der Waals surface area contributed by atoms with Crippen LogP contribution in [0.25, 0.3) is 0 Å². The summed E-state index contributed by atoms with van der Waals surface area (Å²) < 4.78 is 0. The predicted octanol–water partition coefficient (Wildman–Crippen LogP) is 2.59. The first-order valence-electron chi connectivity index (χ1n) is 7.43. The number of nitrogens with one attached hydrogen (secondary N) is 1. The highest BCUT2D eigenvalue weighted by Gasteiger charge is 2.18. The van der Waals surface area contributed by atoms with Gasteiger partial charge in [0.2, 0.25) is 0 Å². The molecule has 1 atom stereocenters. The molecule has 0 spiro atoms. The van der Waals surface area contributed by atoms with Crippen molar-refractivity contribution in [2.75, 3.05) is 38.5 Å². The fraction of sp³-hybridized carbons (Fsp3) is 1.00. The van der Waals surface area contributed by atoms with E-state index in [0.29, 0.717) is 0 Å². The minimum absolute atomic E-state index is 0.888. The van der Waals surface area contributed by atoms with Crippen LogP contribution in [0.5, 0.6) is 0 Å². The summed E-state index contributed by atoms with van der Waals surface area (Å²) in [4.78, 5) is 2.65. The second kappa shape index (κ2) is 7.65. The number of thioether (sulfide) groups is 1. The fourth-order valence-corrected chi connectivity index (χ4v) is 4.24. The van der Waals surface area contributed by atoms with Crippen LogP contribution in [0.1, 0.15) is 39.0 Å². The molecule has 1 N–H and O–H groups in total. The molecular weight excluding hydrogens is 228 g/mol. The van der Waals surface area contributed by atoms with E-state index in [0.717, 1.165) is 11.2 Å². The maximum Gasteiger partial charge on any atom is 0.0172 e. The first kappa shape index (κ1) is 13.7. The van der Waals surface area contributed by atoms with Crippen LogP contribution in [-0.4, -0.2) is 48.6 Å². The molecule has 1 saturated heterocycles. The van der Waals surface area contributed by atoms with Crippen LogP contribution in [0.4, 0.5) is 0 Å². The summed E-state index contributed by atoms with van der Waals surface area (Å²) in [5.74, 6) is 2.32. The van der Waals surface area contributed by atoms with Crippen LogP contribution < -0.4 is 5.32 Å². The molecule has 0 aromatic rings. The van der Waals surface area contributed by atoms with Gasteiger partial charge >= 0.3 is 0 Å². The third-order valence-corrected chi connectivity index (χ3v) is 5.56. The van der Waals surface area contributed by atoms with Gasteiger partial charge in [-0.2, -0.15) is 11.8 Å². The van der Waals surface area contributed by atoms with E-state index >= 15 is 0 Å². The van der Waals surface area contributed by atoms with E-state index in [9.17, 15) is 0 Å². The van der Waals surface area contributed by atoms with Crippen LogP contribution in [0.3, 0.4) is 0 Å². The highest BCUT2D eigenvalue weighted by Crippen LogP contribution is 2.23. The zero-order valence-corrected chi connectivity index (χ0v) is 12.1. The first-order valence-corrected chi connectivity index (χ1v) is 8.48. The summed E-state index contributed by atoms with van der Waals surface area (Å²) in [7, 11) is 0. The average molecular weight is 256 g/mol. The number of hydrogen-bond donors (Lipinski definition) is 1. The molecule has 100 valence electrons. The minimum atomic E-state index is 0.888. The van der Waals surface area contributed by atoms with Crippen molar-refractivity contribution in [3.05, 3.63) is 0 Å². The molecule has 3 heteroatoms. The summed E-state index contributed by atoms with van der Waals surface area (Å²) in [5, 5.41) is 4.55. The molecule has 1 aliphatic carbocycles. The van der Waals surface area contributed by atoms with Gasteiger partial charge in [-0.25, -0.2) is 0 Å². The predicted molar refractivity (Wildman–Crippen MR) is 77.8 cm³/mol. The standard InChI is InChI=1S/C14H28N2S/c1-2-14-12-16(9-10-17-14)8-7-15-11-13-5-3-4-6-13/h13-15H,2-12H2,1H3. The highest BCUT2D eigenvalue weighted by atomic mass is 32.2. The van der Waals surface area contributed by atoms with Gasteiger partial charge in [0.1, 0.15) is 0 Å². The molecule has 0 radical (unpaired) electrons. The van der Waals surface area contributed by atoms with Crippen LogP contribution in [0.15, 0.2) is 0 Å². The smallest absolute Gasteiger partial charge is 0.0172 e. The lowest BCUT2D eigenvalue weighted by Gasteiger charge is -2.31. The van der Waals surface area contributed by atoms with E-state index in [4.69, 9.17) is 0 Å². The van der Waals surface area contributed by atoms with Crippen molar-refractivity contribution in [1.29, 1.82) is 0 Å². The van der Waals surface area contributed by atoms with Crippen molar-refractivity contribution in [2.45, 2.75) is 44.3 Å². The maximum absolute atomic E-state index is 3.66. The molecule has 1 saturated carbocycles. The second-order valence-electron chi connectivity index (χ2n) is 5.56. The van der Waals surface area contributed by atoms with Gasteiger partial charge in [-0.05, 0) is 31.7 Å². The fourth-order valence-electron chi connectivity index (χ4n) is 2.99. The Balaban J connectivity index is 1.52. The largest absolute Gasteiger partial charge is 0.315 e. The number of nitrogens with zero attached hydrogens (tertiary/aromatic N) is 1. The molecule has 2 rings (SSSR count). The Morgan fingerprint density at radius 3 is 2.88 bits per heavy atom. The Bertz CT molecular complexity index is 204. The van der Waals surface area contributed by atoms with Gasteiger partial charge in [0.25, 0.3) is 0 Å². The summed E-state index contributed by atoms with van der Waals surface area (Å²) in [6, 6.07) is 0. The SMILES string of the molecule is CCC1CN(CCNCC2CCCC2)CCS1. The zero-order valence-electron chi connectivity index (χ0n) is 11.3. The van der Waals surface area contributed by atoms with Crippen molar-refractivity contribution in [1.82, 2.24) is 10.2 Å². The van der Waals surface area contributed by atoms with Crippen LogP contribution in [-0.2, 0) is 0 Å². The zero-order chi connectivity index (χ0) is 11.9. The van der Waals surface area contributed by atoms with Gasteiger partial charge in [-0.3, -0.25) is 0 Å². The quantitative estimate of drug-likeness (QED) is 0.736. The van der Waals surface area contributed by atoms with Crippen LogP contribution >= 0.6 is 11.8 Å². The van der Waals surface area contributed by atoms with Crippen molar-refractivity contribution in [3.8, 4) is 0 Å². The van der Waals surface area contributed by atoms with Crippen molar-refractivity contribution < 1.29 is 0 Å². The maximum atomic E-state index is 3.66. The minimum Gasteiger partial charge on any atom is -0.315 e. The molecule has 1 aliphatic heterocycles. The molecule has 1 unspecified atom stereocenters. The Morgan fingerprint density at radius 1 is 1.29 bits per heavy atom. The van der Waals surface area contributed by atoms with Gasteiger partial charge in [-0.15, -0.1) is 0 Å². The van der Waals surface area contributed by atoms with Crippen LogP contribution in [0.2, 0.25) is 0 Å². The lowest BCUT2D eigenvalue weighted by atomic mass is 10.1. The molecule has 0 aromatic heterocycles. The molecule has 17 heavy (non-hydrogen) atoms. The van der Waals surface area contributed by atoms with E-state index in [2.05, 4.69) is 28.9 Å². The van der Waals surface area contributed by atoms with Gasteiger partial charge in [0.15, 0.2) is 0 Å². The van der Waals surface area contributed by atoms with Crippen molar-refractivity contribution in [3.63, 3.8) is 0 Å². The Morgan fingerprint density at radius 2 is 2.12 bits per heavy atom. The molecule has 0 amide bonds. The average Bonchev–Trinajstić information content (AvgIpc) is 2.88. The lowest BCUT2D eigenvalue weighted by Crippen LogP contribution is -2.41. The number of rotatable bonds is 6. The lowest BCUT2D eigenvalue weighted by molar-refractivity contribution is 0.278. The Kier molecular flexibility index (Phi) is 6.16. The van der Waals surface area contributed by atoms with Gasteiger partial charge in [-0.1, -0.05) is 19.8 Å². The number of hydrogen-bond acceptors (Lipinski definition) is 3. The van der Waals surface area contributed by atoms with Gasteiger partial charge in [0, 0.05) is 37.2 Å². The van der Waals surface area contributed by atoms with E-state index in [1.54, 1.807) is 0 Å². The van der Waals surface area contributed by atoms with Gasteiger partial charge < -0.3 is 10.2 Å². The second-order valence-corrected chi connectivity index (χ2v) is 6.96. The monoisotopic (exact) mass is 256 g/mol. The summed E-state index contributed by atoms with van der Waals surface area (Å²) in [6.07, 6.45) is 7.19. The van der Waals surface area contributed by atoms with E-state index < -0.39 is 0 Å². The molecule has 2 fully saturated rings. The van der Waals surface area contributed by atoms with Crippen LogP contribution in [0, 0.1) is 5.92 Å². The van der Waals surface area contributed by atoms with Crippen molar-refractivity contribution in [2.24, 2.45) is 5.92 Å². The highest BCUT2D eigenvalue weighted by molar-refractivity contribution is 8.00. The topological polar surface area (TPSA) is 15.3 Å². The summed E-state index contributed by atoms with van der Waals surface area (Å²) in [6.45, 7) is 8.64. The molecule has 0 aromatic carbocycles. The van der Waals surface area contributed by atoms with E-state index in [1.165, 1.54) is 70.6 Å². The molecule has 1 heterocycles. The summed E-state index contributed by atoms with van der Waals surface area (Å²) >= 11 is 2.16. The Labute approximate surface area is 111 Å². The summed E-state index contributed by atoms with van der Waals surface area (Å²) in [5.41, 5.74) is 0. The normalized spacial score (nSPS) is 27.7. The molecule has 0 bridgehead atoms. The van der Waals surface area contributed by atoms with E-state index in [1.807, 2.05) is 0 Å². The molecular formula is C14H28N2S. The Hall–Kier alpha value is 0.270. The third-order valence-electron chi connectivity index (χ3n) is 4.19. The van der Waals surface area contributed by atoms with Gasteiger partial charge in [0.05, 0.1) is 0 Å². The first-order chi connectivity index (χ1) is 8.38. The molecule has 2 nitrogen and oxygen atoms in total. The molecule has 2 aliphatic rings. The van der Waals surface area contributed by atoms with Crippen molar-refractivity contribution >= 4 is 11.8 Å².